The highest BCUT2D eigenvalue weighted by atomic mass is 16.5. The number of rotatable bonds is 5. The smallest absolute Gasteiger partial charge is 0.217 e. The maximum atomic E-state index is 14.2. The van der Waals surface area contributed by atoms with E-state index in [0.29, 0.717) is 30.1 Å². The summed E-state index contributed by atoms with van der Waals surface area (Å²) >= 11 is 0. The normalized spacial score (nSPS) is 33.2. The number of hydrogen-bond acceptors (Lipinski definition) is 6. The first kappa shape index (κ1) is 24.2. The van der Waals surface area contributed by atoms with Crippen molar-refractivity contribution < 1.29 is 28.5 Å². The highest BCUT2D eigenvalue weighted by Gasteiger charge is 2.84. The predicted octanol–water partition coefficient (Wildman–Crippen LogP) is 3.81. The van der Waals surface area contributed by atoms with E-state index in [0.717, 1.165) is 22.3 Å². The topological polar surface area (TPSA) is 83.1 Å². The van der Waals surface area contributed by atoms with Gasteiger partial charge in [-0.3, -0.25) is 9.59 Å². The van der Waals surface area contributed by atoms with Crippen LogP contribution in [0.5, 0.6) is 17.2 Å². The monoisotopic (exact) mass is 483 g/mol. The second kappa shape index (κ2) is 7.48. The fraction of sp³-hybridized carbons (Fsp3) is 0.643. The van der Waals surface area contributed by atoms with Crippen LogP contribution < -0.4 is 19.5 Å². The van der Waals surface area contributed by atoms with Crippen LogP contribution >= 0.6 is 0 Å². The average molecular weight is 484 g/mol. The minimum atomic E-state index is -0.858. The molecule has 0 heterocycles. The lowest BCUT2D eigenvalue weighted by Gasteiger charge is -2.69. The number of aryl methyl sites for hydroxylation is 1. The number of fused-ring (bicyclic) bond motifs is 7. The molecular weight excluding hydrogens is 446 g/mol. The molecular formula is C28H37NO6. The van der Waals surface area contributed by atoms with Crippen LogP contribution in [0.15, 0.2) is 11.6 Å². The summed E-state index contributed by atoms with van der Waals surface area (Å²) in [5, 5.41) is 3.14. The van der Waals surface area contributed by atoms with Gasteiger partial charge >= 0.3 is 0 Å². The molecule has 1 aromatic carbocycles. The van der Waals surface area contributed by atoms with Crippen molar-refractivity contribution in [3.63, 3.8) is 0 Å². The van der Waals surface area contributed by atoms with Crippen molar-refractivity contribution in [2.75, 3.05) is 28.4 Å². The Bertz CT molecular complexity index is 1160. The number of allylic oxidation sites excluding steroid dienone is 1. The molecule has 7 heteroatoms. The zero-order valence-electron chi connectivity index (χ0n) is 22.3. The van der Waals surface area contributed by atoms with Gasteiger partial charge in [0.05, 0.1) is 33.3 Å². The van der Waals surface area contributed by atoms with E-state index in [2.05, 4.69) is 33.0 Å². The molecule has 0 spiro atoms. The molecule has 0 aromatic heterocycles. The average Bonchev–Trinajstić information content (AvgIpc) is 2.92. The number of amides is 1. The molecule has 5 rings (SSSR count). The van der Waals surface area contributed by atoms with Crippen LogP contribution in [-0.4, -0.2) is 51.8 Å². The second-order valence-corrected chi connectivity index (χ2v) is 11.5. The van der Waals surface area contributed by atoms with Crippen LogP contribution in [0.4, 0.5) is 0 Å². The van der Waals surface area contributed by atoms with E-state index in [4.69, 9.17) is 18.9 Å². The first-order valence-corrected chi connectivity index (χ1v) is 12.4. The molecule has 190 valence electrons. The summed E-state index contributed by atoms with van der Waals surface area (Å²) in [6.07, 6.45) is 1.41. The highest BCUT2D eigenvalue weighted by molar-refractivity contribution is 6.07. The standard InChI is InChI=1S/C28H37NO6/c1-13(30)29-15-11-10-14-12-16(32-6)22(33-7)23(34-8)17(14)19-18(15)21-20(19)24-26(2,3)27(4,5)28(24,35-9)25(21)31/h12,15,20-21,24H,10-11H2,1-9H3,(H,29,30)/t15-,20+,21+,24+,28+/m0/s1. The van der Waals surface area contributed by atoms with E-state index in [1.54, 1.807) is 28.4 Å². The minimum Gasteiger partial charge on any atom is -0.493 e. The van der Waals surface area contributed by atoms with Crippen molar-refractivity contribution >= 4 is 17.3 Å². The summed E-state index contributed by atoms with van der Waals surface area (Å²) in [6, 6.07) is 1.79. The summed E-state index contributed by atoms with van der Waals surface area (Å²) in [5.41, 5.74) is 2.87. The van der Waals surface area contributed by atoms with Gasteiger partial charge in [0, 0.05) is 36.8 Å². The van der Waals surface area contributed by atoms with Crippen molar-refractivity contribution in [1.82, 2.24) is 5.32 Å². The third-order valence-corrected chi connectivity index (χ3v) is 10.1. The largest absolute Gasteiger partial charge is 0.493 e. The Morgan fingerprint density at radius 3 is 2.23 bits per heavy atom. The lowest BCUT2D eigenvalue weighted by atomic mass is 9.37. The van der Waals surface area contributed by atoms with Crippen LogP contribution in [-0.2, 0) is 20.7 Å². The third-order valence-electron chi connectivity index (χ3n) is 10.1. The fourth-order valence-corrected chi connectivity index (χ4v) is 8.12. The van der Waals surface area contributed by atoms with Gasteiger partial charge in [0.25, 0.3) is 0 Å². The Balaban J connectivity index is 1.79. The SMILES string of the molecule is COc1cc2c(c(OC)c1OC)C1=C([C@H]3C(=O)[C@]4(OC)[C@H]([C@H]13)C(C)(C)C4(C)C)[C@@H](NC(C)=O)CC2. The van der Waals surface area contributed by atoms with E-state index in [-0.39, 0.29) is 46.3 Å². The molecule has 1 aromatic rings. The Hall–Kier alpha value is -2.54. The predicted molar refractivity (Wildman–Crippen MR) is 132 cm³/mol. The molecule has 5 atom stereocenters. The van der Waals surface area contributed by atoms with Gasteiger partial charge in [0.15, 0.2) is 17.3 Å². The van der Waals surface area contributed by atoms with E-state index in [1.807, 2.05) is 6.07 Å². The maximum Gasteiger partial charge on any atom is 0.217 e. The fourth-order valence-electron chi connectivity index (χ4n) is 8.12. The van der Waals surface area contributed by atoms with Crippen LogP contribution in [0, 0.1) is 28.6 Å². The van der Waals surface area contributed by atoms with Gasteiger partial charge in [-0.1, -0.05) is 27.7 Å². The summed E-state index contributed by atoms with van der Waals surface area (Å²) < 4.78 is 23.5. The van der Waals surface area contributed by atoms with Crippen molar-refractivity contribution in [3.05, 3.63) is 22.8 Å². The quantitative estimate of drug-likeness (QED) is 0.686. The third kappa shape index (κ3) is 2.55. The van der Waals surface area contributed by atoms with Crippen molar-refractivity contribution in [1.29, 1.82) is 0 Å². The molecule has 1 N–H and O–H groups in total. The number of methoxy groups -OCH3 is 4. The van der Waals surface area contributed by atoms with Crippen LogP contribution in [0.3, 0.4) is 0 Å². The number of Topliss-reactive ketones (excluding diaryl/α,β-unsaturated/α-hetero) is 1. The van der Waals surface area contributed by atoms with Crippen molar-refractivity contribution in [3.8, 4) is 17.2 Å². The summed E-state index contributed by atoms with van der Waals surface area (Å²) in [4.78, 5) is 26.5. The Morgan fingerprint density at radius 1 is 1.03 bits per heavy atom. The zero-order valence-corrected chi connectivity index (χ0v) is 22.3. The molecule has 0 radical (unpaired) electrons. The van der Waals surface area contributed by atoms with Gasteiger partial charge in [-0.25, -0.2) is 0 Å². The molecule has 35 heavy (non-hydrogen) atoms. The van der Waals surface area contributed by atoms with E-state index in [1.165, 1.54) is 6.92 Å². The van der Waals surface area contributed by atoms with Crippen LogP contribution in [0.25, 0.3) is 5.57 Å². The van der Waals surface area contributed by atoms with Gasteiger partial charge in [0.2, 0.25) is 11.7 Å². The van der Waals surface area contributed by atoms with Gasteiger partial charge in [-0.2, -0.15) is 0 Å². The molecule has 1 amide bonds. The van der Waals surface area contributed by atoms with E-state index < -0.39 is 5.60 Å². The van der Waals surface area contributed by atoms with Crippen molar-refractivity contribution in [2.45, 2.75) is 59.1 Å². The molecule has 2 saturated carbocycles. The highest BCUT2D eigenvalue weighted by Crippen LogP contribution is 2.80. The Kier molecular flexibility index (Phi) is 5.17. The van der Waals surface area contributed by atoms with Crippen LogP contribution in [0.1, 0.15) is 52.2 Å². The number of carbonyl (C=O) groups excluding carboxylic acids is 2. The maximum absolute atomic E-state index is 14.2. The molecule has 4 aliphatic carbocycles. The molecule has 0 saturated heterocycles. The molecule has 4 aliphatic rings. The molecule has 2 fully saturated rings. The number of benzene rings is 1. The number of hydrogen-bond donors (Lipinski definition) is 1. The van der Waals surface area contributed by atoms with Gasteiger partial charge in [0.1, 0.15) is 5.60 Å². The molecule has 7 nitrogen and oxygen atoms in total. The summed E-state index contributed by atoms with van der Waals surface area (Å²) in [6.45, 7) is 10.3. The second-order valence-electron chi connectivity index (χ2n) is 11.5. The summed E-state index contributed by atoms with van der Waals surface area (Å²) in [7, 11) is 6.53. The van der Waals surface area contributed by atoms with Gasteiger partial charge in [-0.15, -0.1) is 0 Å². The molecule has 0 unspecified atom stereocenters. The Morgan fingerprint density at radius 2 is 1.69 bits per heavy atom. The number of carbonyl (C=O) groups is 2. The number of ether oxygens (including phenoxy) is 4. The van der Waals surface area contributed by atoms with Gasteiger partial charge in [-0.05, 0) is 41.0 Å². The first-order chi connectivity index (χ1) is 16.5. The minimum absolute atomic E-state index is 0.0133. The molecule has 0 bridgehead atoms. The van der Waals surface area contributed by atoms with E-state index >= 15 is 0 Å². The zero-order chi connectivity index (χ0) is 25.7. The Labute approximate surface area is 207 Å². The lowest BCUT2D eigenvalue weighted by molar-refractivity contribution is -0.279. The van der Waals surface area contributed by atoms with Crippen molar-refractivity contribution in [2.24, 2.45) is 28.6 Å². The van der Waals surface area contributed by atoms with E-state index in [9.17, 15) is 9.59 Å². The number of nitrogens with one attached hydrogen (secondary N) is 1. The summed E-state index contributed by atoms with van der Waals surface area (Å²) in [5.74, 6) is 1.54. The lowest BCUT2D eigenvalue weighted by Crippen LogP contribution is -2.74. The van der Waals surface area contributed by atoms with Crippen LogP contribution in [0.2, 0.25) is 0 Å². The van der Waals surface area contributed by atoms with Gasteiger partial charge < -0.3 is 24.3 Å². The number of ketones is 1. The molecule has 0 aliphatic heterocycles. The first-order valence-electron chi connectivity index (χ1n) is 12.4.